The van der Waals surface area contributed by atoms with Crippen LogP contribution in [0.5, 0.6) is 17.2 Å². The van der Waals surface area contributed by atoms with Crippen molar-refractivity contribution >= 4 is 17.7 Å². The molecule has 0 aliphatic carbocycles. The van der Waals surface area contributed by atoms with Crippen LogP contribution < -0.4 is 25.8 Å². The van der Waals surface area contributed by atoms with Crippen LogP contribution in [-0.2, 0) is 22.6 Å². The molecule has 2 aliphatic rings. The normalized spacial score (nSPS) is 18.8. The number of benzene rings is 3. The van der Waals surface area contributed by atoms with E-state index in [9.17, 15) is 24.6 Å². The van der Waals surface area contributed by atoms with Gasteiger partial charge in [-0.25, -0.2) is 0 Å². The molecule has 11 nitrogen and oxygen atoms in total. The van der Waals surface area contributed by atoms with Gasteiger partial charge >= 0.3 is 0 Å². The van der Waals surface area contributed by atoms with Crippen molar-refractivity contribution in [3.63, 3.8) is 0 Å². The first-order chi connectivity index (χ1) is 20.2. The minimum absolute atomic E-state index is 0.0421. The second kappa shape index (κ2) is 12.5. The van der Waals surface area contributed by atoms with Gasteiger partial charge in [-0.3, -0.25) is 14.4 Å². The maximum atomic E-state index is 13.7. The van der Waals surface area contributed by atoms with Gasteiger partial charge in [-0.1, -0.05) is 42.5 Å². The first-order valence-electron chi connectivity index (χ1n) is 13.7. The van der Waals surface area contributed by atoms with Crippen molar-refractivity contribution in [2.24, 2.45) is 5.73 Å². The van der Waals surface area contributed by atoms with E-state index in [0.29, 0.717) is 17.1 Å². The largest absolute Gasteiger partial charge is 0.508 e. The number of hydrogen-bond acceptors (Lipinski definition) is 8. The number of aromatic hydroxyl groups is 1. The summed E-state index contributed by atoms with van der Waals surface area (Å²) in [6, 6.07) is 16.7. The number of carbonyl (C=O) groups excluding carboxylic acids is 3. The lowest BCUT2D eigenvalue weighted by Gasteiger charge is -2.30. The third-order valence-corrected chi connectivity index (χ3v) is 7.62. The van der Waals surface area contributed by atoms with Crippen molar-refractivity contribution in [2.45, 2.75) is 50.5 Å². The molecule has 0 spiro atoms. The van der Waals surface area contributed by atoms with Crippen LogP contribution in [0.15, 0.2) is 66.7 Å². The van der Waals surface area contributed by atoms with Gasteiger partial charge in [0.1, 0.15) is 11.8 Å². The number of rotatable bonds is 9. The second-order valence-corrected chi connectivity index (χ2v) is 10.6. The van der Waals surface area contributed by atoms with Crippen molar-refractivity contribution in [2.75, 3.05) is 13.3 Å². The van der Waals surface area contributed by atoms with Gasteiger partial charge < -0.3 is 41.0 Å². The van der Waals surface area contributed by atoms with Gasteiger partial charge in [0.05, 0.1) is 6.04 Å². The zero-order chi connectivity index (χ0) is 29.8. The molecule has 5 rings (SSSR count). The minimum Gasteiger partial charge on any atom is -0.508 e. The van der Waals surface area contributed by atoms with E-state index < -0.39 is 42.0 Å². The summed E-state index contributed by atoms with van der Waals surface area (Å²) in [7, 11) is 0. The van der Waals surface area contributed by atoms with E-state index in [2.05, 4.69) is 10.6 Å². The number of nitrogens with zero attached hydrogens (tertiary/aromatic N) is 1. The smallest absolute Gasteiger partial charge is 0.254 e. The summed E-state index contributed by atoms with van der Waals surface area (Å²) in [6.45, 7) is 2.03. The van der Waals surface area contributed by atoms with Crippen LogP contribution in [-0.4, -0.2) is 70.4 Å². The molecule has 3 amide bonds. The Kier molecular flexibility index (Phi) is 8.60. The Hall–Kier alpha value is -4.61. The number of ether oxygens (including phenoxy) is 2. The number of nitrogens with two attached hydrogens (primary N) is 1. The van der Waals surface area contributed by atoms with Gasteiger partial charge in [-0.15, -0.1) is 0 Å². The Bertz CT molecular complexity index is 1460. The maximum Gasteiger partial charge on any atom is 0.254 e. The molecule has 0 aromatic heterocycles. The molecule has 1 fully saturated rings. The summed E-state index contributed by atoms with van der Waals surface area (Å²) >= 11 is 0. The molecule has 11 heteroatoms. The zero-order valence-corrected chi connectivity index (χ0v) is 23.2. The van der Waals surface area contributed by atoms with E-state index in [1.54, 1.807) is 31.2 Å². The number of fused-ring (bicyclic) bond motifs is 1. The molecule has 6 N–H and O–H groups in total. The average Bonchev–Trinajstić information content (AvgIpc) is 3.62. The van der Waals surface area contributed by atoms with Crippen molar-refractivity contribution in [1.29, 1.82) is 0 Å². The number of aliphatic hydroxyl groups is 1. The molecule has 0 saturated carbocycles. The highest BCUT2D eigenvalue weighted by molar-refractivity contribution is 5.97. The number of phenols is 1. The highest BCUT2D eigenvalue weighted by Gasteiger charge is 2.42. The summed E-state index contributed by atoms with van der Waals surface area (Å²) in [4.78, 5) is 41.4. The number of likely N-dealkylation sites (tertiary alicyclic amines) is 1. The Balaban J connectivity index is 1.31. The highest BCUT2D eigenvalue weighted by Crippen LogP contribution is 2.32. The van der Waals surface area contributed by atoms with Crippen molar-refractivity contribution < 1.29 is 34.1 Å². The third-order valence-electron chi connectivity index (χ3n) is 7.62. The second-order valence-electron chi connectivity index (χ2n) is 10.6. The topological polar surface area (TPSA) is 163 Å². The molecule has 2 aliphatic heterocycles. The van der Waals surface area contributed by atoms with E-state index in [1.807, 2.05) is 36.4 Å². The Labute approximate surface area is 243 Å². The van der Waals surface area contributed by atoms with Crippen LogP contribution in [0.25, 0.3) is 0 Å². The van der Waals surface area contributed by atoms with Crippen LogP contribution in [0.4, 0.5) is 0 Å². The lowest BCUT2D eigenvalue weighted by atomic mass is 9.98. The monoisotopic (exact) mass is 574 g/mol. The molecular weight excluding hydrogens is 540 g/mol. The molecule has 0 bridgehead atoms. The van der Waals surface area contributed by atoms with Gasteiger partial charge in [-0.2, -0.15) is 0 Å². The third kappa shape index (κ3) is 6.32. The molecule has 42 heavy (non-hydrogen) atoms. The van der Waals surface area contributed by atoms with Crippen molar-refractivity contribution in [3.8, 4) is 17.2 Å². The number of hydrogen-bond donors (Lipinski definition) is 5. The van der Waals surface area contributed by atoms with Gasteiger partial charge in [0.2, 0.25) is 12.7 Å². The van der Waals surface area contributed by atoms with E-state index in [0.717, 1.165) is 11.1 Å². The van der Waals surface area contributed by atoms with Crippen LogP contribution >= 0.6 is 0 Å². The summed E-state index contributed by atoms with van der Waals surface area (Å²) in [5, 5.41) is 27.0. The molecule has 2 heterocycles. The SMILES string of the molecule is Cc1c(O)cccc1C(=O)N[C@@H](Cc1ccccc1)[C@H](O)C(=O)N1C[C@H](N)C[C@H]1C(=O)NCc1ccc2c(c1)OCO2. The van der Waals surface area contributed by atoms with E-state index in [1.165, 1.54) is 11.0 Å². The van der Waals surface area contributed by atoms with E-state index in [4.69, 9.17) is 15.2 Å². The lowest BCUT2D eigenvalue weighted by molar-refractivity contribution is -0.146. The lowest BCUT2D eigenvalue weighted by Crippen LogP contribution is -2.55. The van der Waals surface area contributed by atoms with Gasteiger partial charge in [0, 0.05) is 30.3 Å². The number of nitrogens with one attached hydrogen (secondary N) is 2. The molecule has 220 valence electrons. The number of carbonyl (C=O) groups is 3. The van der Waals surface area contributed by atoms with Gasteiger partial charge in [-0.05, 0) is 55.2 Å². The average molecular weight is 575 g/mol. The Morgan fingerprint density at radius 2 is 1.79 bits per heavy atom. The predicted molar refractivity (Wildman–Crippen MR) is 153 cm³/mol. The summed E-state index contributed by atoms with van der Waals surface area (Å²) in [6.07, 6.45) is -1.29. The molecule has 0 unspecified atom stereocenters. The predicted octanol–water partition coefficient (Wildman–Crippen LogP) is 1.38. The fourth-order valence-corrected chi connectivity index (χ4v) is 5.29. The number of aliphatic hydroxyl groups excluding tert-OH is 1. The summed E-state index contributed by atoms with van der Waals surface area (Å²) < 4.78 is 10.7. The quantitative estimate of drug-likeness (QED) is 0.256. The van der Waals surface area contributed by atoms with Crippen LogP contribution in [0.3, 0.4) is 0 Å². The first-order valence-corrected chi connectivity index (χ1v) is 13.7. The van der Waals surface area contributed by atoms with Crippen LogP contribution in [0, 0.1) is 6.92 Å². The minimum atomic E-state index is -1.67. The zero-order valence-electron chi connectivity index (χ0n) is 23.2. The molecule has 3 aromatic rings. The molecular formula is C31H34N4O7. The Morgan fingerprint density at radius 1 is 1.02 bits per heavy atom. The van der Waals surface area contributed by atoms with Crippen molar-refractivity contribution in [3.05, 3.63) is 89.0 Å². The molecule has 4 atom stereocenters. The number of phenolic OH excluding ortho intramolecular Hbond substituents is 1. The fraction of sp³-hybridized carbons (Fsp3) is 0.323. The molecule has 0 radical (unpaired) electrons. The van der Waals surface area contributed by atoms with Gasteiger partial charge in [0.25, 0.3) is 11.8 Å². The highest BCUT2D eigenvalue weighted by atomic mass is 16.7. The summed E-state index contributed by atoms with van der Waals surface area (Å²) in [5.41, 5.74) is 8.34. The fourth-order valence-electron chi connectivity index (χ4n) is 5.29. The first kappa shape index (κ1) is 28.9. The van der Waals surface area contributed by atoms with Crippen LogP contribution in [0.1, 0.15) is 33.5 Å². The number of amides is 3. The van der Waals surface area contributed by atoms with E-state index in [-0.39, 0.29) is 44.0 Å². The summed E-state index contributed by atoms with van der Waals surface area (Å²) in [5.74, 6) is -0.474. The van der Waals surface area contributed by atoms with Crippen LogP contribution in [0.2, 0.25) is 0 Å². The van der Waals surface area contributed by atoms with Gasteiger partial charge in [0.15, 0.2) is 17.6 Å². The Morgan fingerprint density at radius 3 is 2.57 bits per heavy atom. The van der Waals surface area contributed by atoms with E-state index >= 15 is 0 Å². The maximum absolute atomic E-state index is 13.7. The molecule has 1 saturated heterocycles. The molecule has 3 aromatic carbocycles. The standard InChI is InChI=1S/C31H34N4O7/c1-18-22(8-5-9-25(18)36)29(38)34-23(12-19-6-3-2-4-7-19)28(37)31(40)35-16-21(32)14-24(35)30(39)33-15-20-10-11-26-27(13-20)42-17-41-26/h2-11,13,21,23-24,28,36-37H,12,14-17,32H2,1H3,(H,33,39)(H,34,38)/t21-,23+,24+,28+/m1/s1. The van der Waals surface area contributed by atoms with Crippen molar-refractivity contribution in [1.82, 2.24) is 15.5 Å².